The Morgan fingerprint density at radius 3 is 1.39 bits per heavy atom. The Bertz CT molecular complexity index is 4830. The number of nitrogens with zero attached hydrogens (tertiary/aromatic N) is 7. The minimum absolute atomic E-state index is 0.0689. The van der Waals surface area contributed by atoms with Gasteiger partial charge in [0, 0.05) is 115 Å². The van der Waals surface area contributed by atoms with Gasteiger partial charge in [0.15, 0.2) is 0 Å². The fraction of sp³-hybridized carbons (Fsp3) is 0.113. The van der Waals surface area contributed by atoms with E-state index in [1.54, 1.807) is 87.6 Å². The van der Waals surface area contributed by atoms with E-state index in [2.05, 4.69) is 105 Å². The lowest BCUT2D eigenvalue weighted by atomic mass is 10.2. The monoisotopic (exact) mass is 1290 g/mol. The van der Waals surface area contributed by atoms with E-state index in [0.29, 0.717) is 22.3 Å². The number of nitrogens with one attached hydrogen (secondary N) is 6. The van der Waals surface area contributed by atoms with Crippen LogP contribution >= 0.6 is 47.0 Å². The molecule has 0 saturated carbocycles. The maximum Gasteiger partial charge on any atom is 0.252 e. The smallest absolute Gasteiger partial charge is 0.252 e. The van der Waals surface area contributed by atoms with E-state index in [1.807, 2.05) is 189 Å². The van der Waals surface area contributed by atoms with Crippen LogP contribution in [0.15, 0.2) is 240 Å². The molecule has 0 aliphatic rings. The van der Waals surface area contributed by atoms with Gasteiger partial charge >= 0.3 is 0 Å². The molecule has 0 atom stereocenters. The highest BCUT2D eigenvalue weighted by Gasteiger charge is 2.17. The zero-order chi connectivity index (χ0) is 64.7. The van der Waals surface area contributed by atoms with Crippen molar-refractivity contribution in [2.45, 2.75) is 53.0 Å². The molecule has 0 saturated heterocycles. The number of aromatic nitrogens is 9. The summed E-state index contributed by atoms with van der Waals surface area (Å²) in [5, 5.41) is 38.5. The van der Waals surface area contributed by atoms with Gasteiger partial charge in [0.2, 0.25) is 0 Å². The van der Waals surface area contributed by atoms with Crippen molar-refractivity contribution in [2.75, 3.05) is 28.2 Å². The number of carbonyl (C=O) groups is 4. The SMILES string of the molecule is CNC(=O)c1ccccc1Sc1ccc2c(/C=C/c3ccccn3)nn(C)c2c1.CNC(=O)c1ccccc1Sc1ccc2c(C)[nH]nc2c1.CNC(=O)c1ccccc1Sc1ccc2c(C)nn(C)c2c1.CNC(=O)c1ccccc1Sc1ccc2cn[nH]c2c1. The zero-order valence-corrected chi connectivity index (χ0v) is 54.9. The second-order valence-electron chi connectivity index (χ2n) is 20.5. The van der Waals surface area contributed by atoms with Crippen LogP contribution in [0.1, 0.15) is 64.2 Å². The highest BCUT2D eigenvalue weighted by molar-refractivity contribution is 8.00. The zero-order valence-electron chi connectivity index (χ0n) is 51.6. The Labute approximate surface area is 549 Å². The molecule has 5 heterocycles. The third-order valence-electron chi connectivity index (χ3n) is 14.4. The average Bonchev–Trinajstić information content (AvgIpc) is 1.98. The fourth-order valence-corrected chi connectivity index (χ4v) is 13.7. The van der Waals surface area contributed by atoms with Crippen molar-refractivity contribution in [1.82, 2.24) is 66.2 Å². The van der Waals surface area contributed by atoms with Crippen LogP contribution in [-0.2, 0) is 14.1 Å². The molecule has 21 heteroatoms. The molecule has 4 amide bonds. The van der Waals surface area contributed by atoms with Crippen molar-refractivity contribution < 1.29 is 19.2 Å². The van der Waals surface area contributed by atoms with E-state index in [4.69, 9.17) is 0 Å². The molecular weight excluding hydrogens is 1230 g/mol. The summed E-state index contributed by atoms with van der Waals surface area (Å²) in [5.74, 6) is -0.303. The molecule has 5 aromatic heterocycles. The Morgan fingerprint density at radius 1 is 0.457 bits per heavy atom. The first-order valence-corrected chi connectivity index (χ1v) is 32.3. The minimum atomic E-state index is -0.0864. The van der Waals surface area contributed by atoms with Crippen LogP contribution in [0.4, 0.5) is 0 Å². The molecular formula is C71H65N13O4S4. The van der Waals surface area contributed by atoms with Gasteiger partial charge in [0.1, 0.15) is 0 Å². The predicted molar refractivity (Wildman–Crippen MR) is 372 cm³/mol. The van der Waals surface area contributed by atoms with Gasteiger partial charge in [-0.15, -0.1) is 0 Å². The molecule has 0 aliphatic heterocycles. The van der Waals surface area contributed by atoms with Crippen molar-refractivity contribution >= 4 is 126 Å². The molecule has 0 radical (unpaired) electrons. The van der Waals surface area contributed by atoms with Crippen LogP contribution < -0.4 is 21.3 Å². The molecule has 13 rings (SSSR count). The van der Waals surface area contributed by atoms with Gasteiger partial charge < -0.3 is 21.3 Å². The Hall–Kier alpha value is -10.2. The number of aromatic amines is 2. The summed E-state index contributed by atoms with van der Waals surface area (Å²) in [7, 11) is 10.5. The standard InChI is InChI=1S/C23H20N4OS.C17H17N3OS.C16H15N3OS.C15H13N3OS/c1-24-23(28)19-8-3-4-9-22(19)29-17-11-12-18-20(26-27(2)21(18)15-17)13-10-16-7-5-6-14-25-16;1-11-13-9-8-12(10-15(13)20(3)19-11)22-16-7-5-4-6-14(16)17(21)18-2;1-10-12-8-7-11(9-14(12)19-18-10)21-15-6-4-3-5-13(15)16(20)17-2;1-16-15(19)12-4-2-3-5-14(12)20-11-7-6-10-9-17-18-13(10)8-11/h3-15H,1-2H3,(H,24,28);4-10H,1-3H3,(H,18,21);3-9H,1-2H3,(H,17,20)(H,18,19);2-9H,1H3,(H,16,19)(H,17,18)/b13-10+;;;. The number of fused-ring (bicyclic) bond motifs is 4. The topological polar surface area (TPSA) is 222 Å². The van der Waals surface area contributed by atoms with Gasteiger partial charge in [-0.05, 0) is 153 Å². The van der Waals surface area contributed by atoms with E-state index in [-0.39, 0.29) is 23.6 Å². The molecule has 0 fully saturated rings. The summed E-state index contributed by atoms with van der Waals surface area (Å²) in [5.41, 5.74) is 10.7. The van der Waals surface area contributed by atoms with E-state index in [1.165, 1.54) is 0 Å². The number of hydrogen-bond donors (Lipinski definition) is 6. The highest BCUT2D eigenvalue weighted by Crippen LogP contribution is 2.37. The third kappa shape index (κ3) is 15.7. The summed E-state index contributed by atoms with van der Waals surface area (Å²) < 4.78 is 3.77. The number of rotatable bonds is 14. The lowest BCUT2D eigenvalue weighted by molar-refractivity contribution is 0.0952. The normalized spacial score (nSPS) is 10.9. The first-order chi connectivity index (χ1) is 44.7. The van der Waals surface area contributed by atoms with Gasteiger partial charge in [0.05, 0.1) is 67.6 Å². The van der Waals surface area contributed by atoms with Crippen molar-refractivity contribution in [3.8, 4) is 0 Å². The second kappa shape index (κ2) is 30.5. The average molecular weight is 1290 g/mol. The first-order valence-electron chi connectivity index (χ1n) is 29.0. The van der Waals surface area contributed by atoms with Crippen LogP contribution in [0.2, 0.25) is 0 Å². The number of benzene rings is 8. The summed E-state index contributed by atoms with van der Waals surface area (Å²) in [4.78, 5) is 60.2. The first kappa shape index (κ1) is 64.8. The Morgan fingerprint density at radius 2 is 0.891 bits per heavy atom. The van der Waals surface area contributed by atoms with Gasteiger partial charge in [-0.2, -0.15) is 20.4 Å². The van der Waals surface area contributed by atoms with Crippen molar-refractivity contribution in [2.24, 2.45) is 14.1 Å². The van der Waals surface area contributed by atoms with Crippen molar-refractivity contribution in [3.05, 3.63) is 245 Å². The molecule has 6 N–H and O–H groups in total. The number of carbonyl (C=O) groups excluding carboxylic acids is 4. The highest BCUT2D eigenvalue weighted by atomic mass is 32.2. The number of aryl methyl sites for hydroxylation is 4. The summed E-state index contributed by atoms with van der Waals surface area (Å²) in [6, 6.07) is 61.0. The quantitative estimate of drug-likeness (QED) is 0.0597. The molecule has 0 bridgehead atoms. The van der Waals surface area contributed by atoms with Gasteiger partial charge in [-0.3, -0.25) is 43.7 Å². The maximum atomic E-state index is 12.1. The predicted octanol–water partition coefficient (Wildman–Crippen LogP) is 14.5. The largest absolute Gasteiger partial charge is 0.355 e. The molecule has 0 unspecified atom stereocenters. The Kier molecular flexibility index (Phi) is 21.5. The third-order valence-corrected chi connectivity index (χ3v) is 18.7. The van der Waals surface area contributed by atoms with Gasteiger partial charge in [-0.25, -0.2) is 0 Å². The molecule has 13 aromatic rings. The number of hydrogen-bond acceptors (Lipinski definition) is 13. The molecule has 17 nitrogen and oxygen atoms in total. The van der Waals surface area contributed by atoms with Crippen molar-refractivity contribution in [1.29, 1.82) is 0 Å². The van der Waals surface area contributed by atoms with Crippen molar-refractivity contribution in [3.63, 3.8) is 0 Å². The summed E-state index contributed by atoms with van der Waals surface area (Å²) in [6.07, 6.45) is 7.51. The molecule has 8 aromatic carbocycles. The van der Waals surface area contributed by atoms with E-state index in [9.17, 15) is 19.2 Å². The summed E-state index contributed by atoms with van der Waals surface area (Å²) in [6.45, 7) is 4.01. The maximum absolute atomic E-state index is 12.1. The molecule has 92 heavy (non-hydrogen) atoms. The van der Waals surface area contributed by atoms with Crippen LogP contribution in [0.25, 0.3) is 55.8 Å². The van der Waals surface area contributed by atoms with Crippen LogP contribution in [-0.4, -0.2) is 96.8 Å². The lowest BCUT2D eigenvalue weighted by Gasteiger charge is -2.08. The van der Waals surface area contributed by atoms with Crippen LogP contribution in [0.3, 0.4) is 0 Å². The fourth-order valence-electron chi connectivity index (χ4n) is 9.76. The molecule has 0 spiro atoms. The van der Waals surface area contributed by atoms with Crippen LogP contribution in [0.5, 0.6) is 0 Å². The van der Waals surface area contributed by atoms with Crippen LogP contribution in [0, 0.1) is 13.8 Å². The van der Waals surface area contributed by atoms with Gasteiger partial charge in [0.25, 0.3) is 23.6 Å². The minimum Gasteiger partial charge on any atom is -0.355 e. The summed E-state index contributed by atoms with van der Waals surface area (Å²) >= 11 is 6.29. The number of amides is 4. The number of pyridine rings is 1. The van der Waals surface area contributed by atoms with E-state index < -0.39 is 0 Å². The lowest BCUT2D eigenvalue weighted by Crippen LogP contribution is -2.18. The molecule has 462 valence electrons. The van der Waals surface area contributed by atoms with E-state index in [0.717, 1.165) is 106 Å². The van der Waals surface area contributed by atoms with Gasteiger partial charge in [-0.1, -0.05) is 108 Å². The number of H-pyrrole nitrogens is 2. The Balaban J connectivity index is 0.000000136. The second-order valence-corrected chi connectivity index (χ2v) is 25.0. The molecule has 0 aliphatic carbocycles. The van der Waals surface area contributed by atoms with E-state index >= 15 is 0 Å².